The van der Waals surface area contributed by atoms with E-state index in [4.69, 9.17) is 19.7 Å². The van der Waals surface area contributed by atoms with Crippen LogP contribution in [0.1, 0.15) is 38.8 Å². The second-order valence-electron chi connectivity index (χ2n) is 7.34. The van der Waals surface area contributed by atoms with Crippen LogP contribution in [0.25, 0.3) is 16.7 Å². The lowest BCUT2D eigenvalue weighted by Crippen LogP contribution is -2.18. The molecule has 2 aromatic heterocycles. The number of methoxy groups -OCH3 is 1. The van der Waals surface area contributed by atoms with Crippen molar-refractivity contribution in [3.8, 4) is 17.6 Å². The van der Waals surface area contributed by atoms with Gasteiger partial charge in [0.05, 0.1) is 31.5 Å². The van der Waals surface area contributed by atoms with E-state index in [2.05, 4.69) is 10.4 Å². The van der Waals surface area contributed by atoms with Crippen molar-refractivity contribution in [1.29, 1.82) is 5.26 Å². The number of pyridine rings is 1. The maximum absolute atomic E-state index is 13.0. The minimum Gasteiger partial charge on any atom is -0.494 e. The highest BCUT2D eigenvalue weighted by molar-refractivity contribution is 6.07. The summed E-state index contributed by atoms with van der Waals surface area (Å²) < 4.78 is 12.0. The fraction of sp³-hybridized carbons (Fsp3) is 0.160. The molecule has 0 atom stereocenters. The average molecular weight is 455 g/mol. The van der Waals surface area contributed by atoms with Gasteiger partial charge in [-0.1, -0.05) is 18.2 Å². The molecule has 9 nitrogen and oxygen atoms in total. The Labute approximate surface area is 195 Å². The highest BCUT2D eigenvalue weighted by Gasteiger charge is 2.23. The summed E-state index contributed by atoms with van der Waals surface area (Å²) in [6.07, 6.45) is 1.32. The number of hydrogen-bond donors (Lipinski definition) is 1. The van der Waals surface area contributed by atoms with Crippen LogP contribution in [0.2, 0.25) is 0 Å². The molecule has 0 radical (unpaired) electrons. The molecule has 170 valence electrons. The van der Waals surface area contributed by atoms with Crippen LogP contribution in [-0.4, -0.2) is 40.4 Å². The largest absolute Gasteiger partial charge is 0.494 e. The number of rotatable bonds is 6. The molecule has 0 spiro atoms. The van der Waals surface area contributed by atoms with Gasteiger partial charge in [-0.3, -0.25) is 4.79 Å². The number of carbonyl (C=O) groups is 2. The van der Waals surface area contributed by atoms with Crippen molar-refractivity contribution in [2.45, 2.75) is 13.8 Å². The van der Waals surface area contributed by atoms with Gasteiger partial charge in [0.2, 0.25) is 0 Å². The summed E-state index contributed by atoms with van der Waals surface area (Å²) in [4.78, 5) is 30.3. The monoisotopic (exact) mass is 455 g/mol. The van der Waals surface area contributed by atoms with E-state index >= 15 is 0 Å². The van der Waals surface area contributed by atoms with Crippen molar-refractivity contribution in [3.63, 3.8) is 0 Å². The summed E-state index contributed by atoms with van der Waals surface area (Å²) in [6.45, 7) is 3.77. The number of ether oxygens (including phenoxy) is 2. The fourth-order valence-corrected chi connectivity index (χ4v) is 3.56. The molecule has 0 fully saturated rings. The van der Waals surface area contributed by atoms with Crippen LogP contribution in [0, 0.1) is 18.3 Å². The Hall–Kier alpha value is -4.71. The Bertz CT molecular complexity index is 1450. The lowest BCUT2D eigenvalue weighted by molar-refractivity contribution is 0.0527. The number of carbonyl (C=O) groups excluding carboxylic acids is 2. The number of benzene rings is 2. The first-order chi connectivity index (χ1) is 16.5. The summed E-state index contributed by atoms with van der Waals surface area (Å²) in [5, 5.41) is 17.1. The highest BCUT2D eigenvalue weighted by atomic mass is 16.5. The first-order valence-corrected chi connectivity index (χ1v) is 10.5. The normalized spacial score (nSPS) is 10.5. The SMILES string of the molecule is CCOC(=O)c1cnn(-c2cc(C)c3cccc(OC)c3n2)c1NC(=O)c1cccc(C#N)c1. The third-order valence-electron chi connectivity index (χ3n) is 5.18. The number of hydrogen-bond acceptors (Lipinski definition) is 7. The van der Waals surface area contributed by atoms with Crippen LogP contribution >= 0.6 is 0 Å². The predicted octanol–water partition coefficient (Wildman–Crippen LogP) is 4.04. The van der Waals surface area contributed by atoms with Crippen molar-refractivity contribution in [2.24, 2.45) is 0 Å². The molecular formula is C25H21N5O4. The third kappa shape index (κ3) is 4.17. The number of fused-ring (bicyclic) bond motifs is 1. The molecule has 4 aromatic rings. The second-order valence-corrected chi connectivity index (χ2v) is 7.34. The lowest BCUT2D eigenvalue weighted by atomic mass is 10.1. The van der Waals surface area contributed by atoms with Crippen molar-refractivity contribution >= 4 is 28.6 Å². The Morgan fingerprint density at radius 3 is 2.71 bits per heavy atom. The number of nitrogens with zero attached hydrogens (tertiary/aromatic N) is 4. The summed E-state index contributed by atoms with van der Waals surface area (Å²) in [7, 11) is 1.56. The quantitative estimate of drug-likeness (QED) is 0.436. The zero-order chi connectivity index (χ0) is 24.2. The number of nitrogens with one attached hydrogen (secondary N) is 1. The molecule has 2 aromatic carbocycles. The van der Waals surface area contributed by atoms with Gasteiger partial charge in [-0.15, -0.1) is 0 Å². The molecule has 1 amide bonds. The first-order valence-electron chi connectivity index (χ1n) is 10.5. The van der Waals surface area contributed by atoms with Crippen LogP contribution in [0.4, 0.5) is 5.82 Å². The zero-order valence-electron chi connectivity index (χ0n) is 18.8. The van der Waals surface area contributed by atoms with Crippen LogP contribution in [0.3, 0.4) is 0 Å². The molecule has 0 aliphatic carbocycles. The Kier molecular flexibility index (Phi) is 6.23. The lowest BCUT2D eigenvalue weighted by Gasteiger charge is -2.13. The molecule has 0 aliphatic heterocycles. The highest BCUT2D eigenvalue weighted by Crippen LogP contribution is 2.29. The predicted molar refractivity (Wildman–Crippen MR) is 125 cm³/mol. The van der Waals surface area contributed by atoms with E-state index in [0.29, 0.717) is 22.6 Å². The summed E-state index contributed by atoms with van der Waals surface area (Å²) >= 11 is 0. The topological polar surface area (TPSA) is 119 Å². The Morgan fingerprint density at radius 2 is 1.97 bits per heavy atom. The standard InChI is InChI=1S/C25H21N5O4/c1-4-34-25(32)19-14-27-30(23(19)29-24(31)17-8-5-7-16(12-17)13-26)21-11-15(2)18-9-6-10-20(33-3)22(18)28-21/h5-12,14H,4H2,1-3H3,(H,29,31). The van der Waals surface area contributed by atoms with E-state index in [9.17, 15) is 9.59 Å². The molecule has 9 heteroatoms. The van der Waals surface area contributed by atoms with Crippen molar-refractivity contribution in [2.75, 3.05) is 19.0 Å². The first kappa shape index (κ1) is 22.5. The maximum atomic E-state index is 13.0. The van der Waals surface area contributed by atoms with Gasteiger partial charge in [0.1, 0.15) is 16.8 Å². The van der Waals surface area contributed by atoms with E-state index in [1.165, 1.54) is 16.9 Å². The van der Waals surface area contributed by atoms with Crippen LogP contribution in [0.15, 0.2) is 54.7 Å². The molecule has 2 heterocycles. The van der Waals surface area contributed by atoms with Gasteiger partial charge in [0.25, 0.3) is 5.91 Å². The number of amides is 1. The third-order valence-corrected chi connectivity index (χ3v) is 5.18. The smallest absolute Gasteiger partial charge is 0.343 e. The van der Waals surface area contributed by atoms with E-state index in [0.717, 1.165) is 10.9 Å². The Balaban J connectivity index is 1.85. The molecule has 34 heavy (non-hydrogen) atoms. The number of anilines is 1. The second kappa shape index (κ2) is 9.42. The minimum atomic E-state index is -0.634. The van der Waals surface area contributed by atoms with Crippen molar-refractivity contribution in [3.05, 3.63) is 77.0 Å². The summed E-state index contributed by atoms with van der Waals surface area (Å²) in [6, 6.07) is 15.7. The molecule has 1 N–H and O–H groups in total. The zero-order valence-corrected chi connectivity index (χ0v) is 18.8. The number of para-hydroxylation sites is 1. The average Bonchev–Trinajstić information content (AvgIpc) is 3.27. The number of aryl methyl sites for hydroxylation is 1. The van der Waals surface area contributed by atoms with Crippen molar-refractivity contribution < 1.29 is 19.1 Å². The van der Waals surface area contributed by atoms with Gasteiger partial charge in [-0.05, 0) is 49.7 Å². The van der Waals surface area contributed by atoms with E-state index in [-0.39, 0.29) is 23.6 Å². The fourth-order valence-electron chi connectivity index (χ4n) is 3.56. The van der Waals surface area contributed by atoms with Crippen LogP contribution in [-0.2, 0) is 4.74 Å². The molecule has 0 saturated heterocycles. The molecular weight excluding hydrogens is 434 g/mol. The molecule has 0 aliphatic rings. The van der Waals surface area contributed by atoms with E-state index in [1.807, 2.05) is 25.1 Å². The van der Waals surface area contributed by atoms with Crippen LogP contribution < -0.4 is 10.1 Å². The van der Waals surface area contributed by atoms with Crippen molar-refractivity contribution in [1.82, 2.24) is 14.8 Å². The van der Waals surface area contributed by atoms with E-state index in [1.54, 1.807) is 44.4 Å². The number of nitriles is 1. The summed E-state index contributed by atoms with van der Waals surface area (Å²) in [5.74, 6) is -0.0818. The van der Waals surface area contributed by atoms with Gasteiger partial charge in [0.15, 0.2) is 11.6 Å². The van der Waals surface area contributed by atoms with Crippen LogP contribution in [0.5, 0.6) is 5.75 Å². The van der Waals surface area contributed by atoms with Gasteiger partial charge in [0, 0.05) is 10.9 Å². The van der Waals surface area contributed by atoms with Gasteiger partial charge in [-0.25, -0.2) is 9.78 Å². The molecule has 0 saturated carbocycles. The number of aromatic nitrogens is 3. The molecule has 0 bridgehead atoms. The van der Waals surface area contributed by atoms with Gasteiger partial charge in [-0.2, -0.15) is 15.0 Å². The molecule has 0 unspecified atom stereocenters. The molecule has 4 rings (SSSR count). The van der Waals surface area contributed by atoms with Gasteiger partial charge >= 0.3 is 5.97 Å². The van der Waals surface area contributed by atoms with Gasteiger partial charge < -0.3 is 14.8 Å². The number of esters is 1. The maximum Gasteiger partial charge on any atom is 0.343 e. The van der Waals surface area contributed by atoms with E-state index < -0.39 is 11.9 Å². The summed E-state index contributed by atoms with van der Waals surface area (Å²) in [5.41, 5.74) is 2.20. The minimum absolute atomic E-state index is 0.0752. The Morgan fingerprint density at radius 1 is 1.18 bits per heavy atom.